The Kier molecular flexibility index (Phi) is 4.46. The summed E-state index contributed by atoms with van der Waals surface area (Å²) in [4.78, 5) is 12.1. The number of carbonyl (C=O) groups excluding carboxylic acids is 1. The third-order valence-corrected chi connectivity index (χ3v) is 3.34. The molecule has 0 atom stereocenters. The number of alkyl halides is 1. The summed E-state index contributed by atoms with van der Waals surface area (Å²) in [5.41, 5.74) is 3.23. The molecule has 1 N–H and O–H groups in total. The lowest BCUT2D eigenvalue weighted by molar-refractivity contribution is 0.102. The molecule has 0 unspecified atom stereocenters. The molecular formula is C15H13Cl2NO. The molecule has 2 nitrogen and oxygen atoms in total. The van der Waals surface area contributed by atoms with Gasteiger partial charge in [0.2, 0.25) is 0 Å². The molecule has 0 saturated carbocycles. The molecule has 2 aromatic rings. The lowest BCUT2D eigenvalue weighted by Crippen LogP contribution is -2.13. The number of anilines is 1. The number of rotatable bonds is 3. The number of hydrogen-bond acceptors (Lipinski definition) is 1. The van der Waals surface area contributed by atoms with Crippen LogP contribution in [0.1, 0.15) is 21.5 Å². The molecule has 98 valence electrons. The highest BCUT2D eigenvalue weighted by Crippen LogP contribution is 2.17. The summed E-state index contributed by atoms with van der Waals surface area (Å²) in [6.45, 7) is 1.86. The van der Waals surface area contributed by atoms with Gasteiger partial charge in [0.05, 0.1) is 0 Å². The van der Waals surface area contributed by atoms with Crippen LogP contribution in [-0.4, -0.2) is 5.91 Å². The molecule has 4 heteroatoms. The number of benzene rings is 2. The van der Waals surface area contributed by atoms with Gasteiger partial charge < -0.3 is 5.32 Å². The Labute approximate surface area is 122 Å². The van der Waals surface area contributed by atoms with Crippen molar-refractivity contribution < 1.29 is 4.79 Å². The van der Waals surface area contributed by atoms with E-state index in [1.807, 2.05) is 31.2 Å². The van der Waals surface area contributed by atoms with E-state index < -0.39 is 0 Å². The van der Waals surface area contributed by atoms with Crippen molar-refractivity contribution in [2.24, 2.45) is 0 Å². The maximum atomic E-state index is 12.1. The average molecular weight is 294 g/mol. The summed E-state index contributed by atoms with van der Waals surface area (Å²) in [7, 11) is 0. The average Bonchev–Trinajstić information content (AvgIpc) is 2.39. The van der Waals surface area contributed by atoms with Crippen molar-refractivity contribution >= 4 is 34.8 Å². The fraction of sp³-hybridized carbons (Fsp3) is 0.133. The Bertz CT molecular complexity index is 594. The normalized spacial score (nSPS) is 10.3. The van der Waals surface area contributed by atoms with Crippen LogP contribution in [0.25, 0.3) is 0 Å². The van der Waals surface area contributed by atoms with Gasteiger partial charge in [0.1, 0.15) is 0 Å². The van der Waals surface area contributed by atoms with Gasteiger partial charge >= 0.3 is 0 Å². The van der Waals surface area contributed by atoms with E-state index in [1.165, 1.54) is 0 Å². The van der Waals surface area contributed by atoms with Crippen molar-refractivity contribution in [2.75, 3.05) is 5.32 Å². The van der Waals surface area contributed by atoms with Gasteiger partial charge in [-0.15, -0.1) is 11.6 Å². The summed E-state index contributed by atoms with van der Waals surface area (Å²) < 4.78 is 0. The molecule has 0 spiro atoms. The van der Waals surface area contributed by atoms with Crippen LogP contribution < -0.4 is 5.32 Å². The van der Waals surface area contributed by atoms with Crippen LogP contribution in [0.5, 0.6) is 0 Å². The minimum Gasteiger partial charge on any atom is -0.322 e. The largest absolute Gasteiger partial charge is 0.322 e. The molecule has 0 saturated heterocycles. The van der Waals surface area contributed by atoms with Gasteiger partial charge in [-0.1, -0.05) is 23.7 Å². The van der Waals surface area contributed by atoms with Crippen molar-refractivity contribution in [3.63, 3.8) is 0 Å². The van der Waals surface area contributed by atoms with E-state index in [4.69, 9.17) is 23.2 Å². The maximum Gasteiger partial charge on any atom is 0.255 e. The number of hydrogen-bond donors (Lipinski definition) is 1. The number of nitrogens with one attached hydrogen (secondary N) is 1. The molecule has 0 aliphatic heterocycles. The second kappa shape index (κ2) is 6.09. The molecule has 0 fully saturated rings. The number of carbonyl (C=O) groups is 1. The quantitative estimate of drug-likeness (QED) is 0.821. The van der Waals surface area contributed by atoms with E-state index in [0.717, 1.165) is 16.8 Å². The second-order valence-electron chi connectivity index (χ2n) is 4.24. The van der Waals surface area contributed by atoms with Crippen LogP contribution in [0.15, 0.2) is 42.5 Å². The topological polar surface area (TPSA) is 29.1 Å². The Morgan fingerprint density at radius 3 is 2.42 bits per heavy atom. The fourth-order valence-electron chi connectivity index (χ4n) is 1.76. The maximum absolute atomic E-state index is 12.1. The molecule has 2 aromatic carbocycles. The highest BCUT2D eigenvalue weighted by Gasteiger charge is 2.09. The van der Waals surface area contributed by atoms with Crippen LogP contribution in [0.3, 0.4) is 0 Å². The van der Waals surface area contributed by atoms with Crippen LogP contribution in [0.2, 0.25) is 5.02 Å². The first kappa shape index (κ1) is 13.9. The lowest BCUT2D eigenvalue weighted by Gasteiger charge is -2.08. The zero-order chi connectivity index (χ0) is 13.8. The van der Waals surface area contributed by atoms with E-state index in [9.17, 15) is 4.79 Å². The first-order chi connectivity index (χ1) is 9.10. The summed E-state index contributed by atoms with van der Waals surface area (Å²) in [6.07, 6.45) is 0. The summed E-state index contributed by atoms with van der Waals surface area (Å²) in [6, 6.07) is 12.6. The highest BCUT2D eigenvalue weighted by molar-refractivity contribution is 6.30. The van der Waals surface area contributed by atoms with Gasteiger partial charge in [-0.2, -0.15) is 0 Å². The Morgan fingerprint density at radius 2 is 1.84 bits per heavy atom. The van der Waals surface area contributed by atoms with E-state index in [-0.39, 0.29) is 5.91 Å². The Hall–Kier alpha value is -1.51. The molecule has 0 radical (unpaired) electrons. The van der Waals surface area contributed by atoms with Crippen LogP contribution in [-0.2, 0) is 5.88 Å². The smallest absolute Gasteiger partial charge is 0.255 e. The second-order valence-corrected chi connectivity index (χ2v) is 4.95. The number of aryl methyl sites for hydroxylation is 1. The highest BCUT2D eigenvalue weighted by atomic mass is 35.5. The van der Waals surface area contributed by atoms with Gasteiger partial charge in [0.25, 0.3) is 5.91 Å². The fourth-order valence-corrected chi connectivity index (χ4v) is 2.16. The minimum absolute atomic E-state index is 0.146. The Morgan fingerprint density at radius 1 is 1.16 bits per heavy atom. The van der Waals surface area contributed by atoms with E-state index in [1.54, 1.807) is 18.2 Å². The zero-order valence-electron chi connectivity index (χ0n) is 10.4. The molecule has 0 aliphatic carbocycles. The molecular weight excluding hydrogens is 281 g/mol. The third-order valence-electron chi connectivity index (χ3n) is 2.80. The van der Waals surface area contributed by atoms with Crippen LogP contribution in [0, 0.1) is 6.92 Å². The van der Waals surface area contributed by atoms with Gasteiger partial charge in [-0.25, -0.2) is 0 Å². The molecule has 19 heavy (non-hydrogen) atoms. The first-order valence-corrected chi connectivity index (χ1v) is 6.74. The van der Waals surface area contributed by atoms with Gasteiger partial charge in [0, 0.05) is 22.2 Å². The molecule has 0 aromatic heterocycles. The van der Waals surface area contributed by atoms with Crippen molar-refractivity contribution in [3.05, 3.63) is 64.2 Å². The molecule has 0 bridgehead atoms. The summed E-state index contributed by atoms with van der Waals surface area (Å²) in [5, 5.41) is 3.47. The van der Waals surface area contributed by atoms with Crippen molar-refractivity contribution in [3.8, 4) is 0 Å². The van der Waals surface area contributed by atoms with Gasteiger partial charge in [-0.3, -0.25) is 4.79 Å². The van der Waals surface area contributed by atoms with E-state index in [2.05, 4.69) is 5.32 Å². The summed E-state index contributed by atoms with van der Waals surface area (Å²) in [5.74, 6) is 0.317. The van der Waals surface area contributed by atoms with Crippen molar-refractivity contribution in [1.82, 2.24) is 0 Å². The van der Waals surface area contributed by atoms with E-state index >= 15 is 0 Å². The number of halogens is 2. The SMILES string of the molecule is Cc1cc(Cl)ccc1C(=O)Nc1ccc(CCl)cc1. The van der Waals surface area contributed by atoms with Crippen LogP contribution in [0.4, 0.5) is 5.69 Å². The first-order valence-electron chi connectivity index (χ1n) is 5.82. The molecule has 1 amide bonds. The lowest BCUT2D eigenvalue weighted by atomic mass is 10.1. The van der Waals surface area contributed by atoms with Crippen molar-refractivity contribution in [1.29, 1.82) is 0 Å². The summed E-state index contributed by atoms with van der Waals surface area (Å²) >= 11 is 11.6. The predicted octanol–water partition coefficient (Wildman–Crippen LogP) is 4.64. The standard InChI is InChI=1S/C15H13Cl2NO/c1-10-8-12(17)4-7-14(10)15(19)18-13-5-2-11(9-16)3-6-13/h2-8H,9H2,1H3,(H,18,19). The zero-order valence-corrected chi connectivity index (χ0v) is 11.9. The van der Waals surface area contributed by atoms with Crippen molar-refractivity contribution in [2.45, 2.75) is 12.8 Å². The predicted molar refractivity (Wildman–Crippen MR) is 80.1 cm³/mol. The van der Waals surface area contributed by atoms with E-state index in [0.29, 0.717) is 16.5 Å². The molecule has 2 rings (SSSR count). The minimum atomic E-state index is -0.146. The molecule has 0 heterocycles. The number of amides is 1. The molecule has 0 aliphatic rings. The Balaban J connectivity index is 2.15. The van der Waals surface area contributed by atoms with Gasteiger partial charge in [0.15, 0.2) is 0 Å². The van der Waals surface area contributed by atoms with Crippen LogP contribution >= 0.6 is 23.2 Å². The third kappa shape index (κ3) is 3.49. The monoisotopic (exact) mass is 293 g/mol. The van der Waals surface area contributed by atoms with Gasteiger partial charge in [-0.05, 0) is 48.4 Å².